The molecule has 1 aliphatic heterocycles. The molecule has 0 spiro atoms. The summed E-state index contributed by atoms with van der Waals surface area (Å²) in [5.74, 6) is -0.155. The Morgan fingerprint density at radius 1 is 1.07 bits per heavy atom. The lowest BCUT2D eigenvalue weighted by Gasteiger charge is -2.29. The fourth-order valence-electron chi connectivity index (χ4n) is 3.12. The van der Waals surface area contributed by atoms with Crippen molar-refractivity contribution in [3.8, 4) is 0 Å². The van der Waals surface area contributed by atoms with Crippen molar-refractivity contribution in [2.45, 2.75) is 38.9 Å². The molecule has 2 rings (SSSR count). The van der Waals surface area contributed by atoms with Gasteiger partial charge in [-0.3, -0.25) is 9.69 Å². The lowest BCUT2D eigenvalue weighted by atomic mass is 10.1. The molecule has 1 saturated heterocycles. The van der Waals surface area contributed by atoms with E-state index < -0.39 is 5.54 Å². The summed E-state index contributed by atoms with van der Waals surface area (Å²) in [6, 6.07) is -0.296. The van der Waals surface area contributed by atoms with Gasteiger partial charge < -0.3 is 14.3 Å². The lowest BCUT2D eigenvalue weighted by Crippen LogP contribution is -2.42. The highest BCUT2D eigenvalue weighted by atomic mass is 16.2. The fourth-order valence-corrected chi connectivity index (χ4v) is 3.12. The molecule has 2 heterocycles. The Kier molecular flexibility index (Phi) is 5.96. The van der Waals surface area contributed by atoms with E-state index in [0.29, 0.717) is 6.54 Å². The van der Waals surface area contributed by atoms with Gasteiger partial charge in [0, 0.05) is 13.0 Å². The molecule has 1 aromatic heterocycles. The molecule has 0 unspecified atom stereocenters. The van der Waals surface area contributed by atoms with Crippen molar-refractivity contribution in [3.05, 3.63) is 11.9 Å². The number of aromatic nitrogens is 3. The van der Waals surface area contributed by atoms with Crippen LogP contribution in [0.3, 0.4) is 0 Å². The van der Waals surface area contributed by atoms with Crippen molar-refractivity contribution in [2.75, 3.05) is 54.9 Å². The normalized spacial score (nSPS) is 17.5. The summed E-state index contributed by atoms with van der Waals surface area (Å²) in [6.07, 6.45) is 2.76. The van der Waals surface area contributed by atoms with Gasteiger partial charge in [0.2, 0.25) is 0 Å². The molecule has 1 aliphatic rings. The summed E-state index contributed by atoms with van der Waals surface area (Å²) in [5.41, 5.74) is 0.156. The maximum atomic E-state index is 12.2. The van der Waals surface area contributed by atoms with Gasteiger partial charge >= 0.3 is 6.03 Å². The molecular weight excluding hydrogens is 346 g/mol. The minimum absolute atomic E-state index is 0.155. The molecular formula is C18H35N7O2+2. The number of carbonyl (C=O) groups is 2. The summed E-state index contributed by atoms with van der Waals surface area (Å²) in [5, 5.41) is 11.2. The number of quaternary nitrogens is 2. The maximum Gasteiger partial charge on any atom is 0.325 e. The third-order valence-corrected chi connectivity index (χ3v) is 4.77. The number of amides is 3. The molecule has 0 saturated carbocycles. The lowest BCUT2D eigenvalue weighted by molar-refractivity contribution is -0.904. The van der Waals surface area contributed by atoms with Gasteiger partial charge in [-0.1, -0.05) is 5.21 Å². The van der Waals surface area contributed by atoms with Gasteiger partial charge in [0.1, 0.15) is 17.8 Å². The molecule has 27 heavy (non-hydrogen) atoms. The first-order valence-corrected chi connectivity index (χ1v) is 9.45. The number of urea groups is 1. The van der Waals surface area contributed by atoms with Crippen molar-refractivity contribution in [1.82, 2.24) is 25.2 Å². The van der Waals surface area contributed by atoms with Crippen molar-refractivity contribution < 1.29 is 18.6 Å². The average Bonchev–Trinajstić information content (AvgIpc) is 3.01. The first kappa shape index (κ1) is 21.3. The topological polar surface area (TPSA) is 80.1 Å². The number of nitrogens with one attached hydrogen (secondary N) is 1. The van der Waals surface area contributed by atoms with E-state index in [1.165, 1.54) is 4.90 Å². The Morgan fingerprint density at radius 2 is 1.74 bits per heavy atom. The standard InChI is InChI=1S/C18H34N7O2/c1-18(2)16(26)23(17(27)19-18)9-8-11-25(6,7)14-15-13-22(21-20-15)10-12-24(3,4)5/h13H,8-12,14H2,1-7H3/q+1/p+1. The molecule has 1 aromatic rings. The second kappa shape index (κ2) is 7.55. The van der Waals surface area contributed by atoms with Gasteiger partial charge in [-0.05, 0) is 13.8 Å². The summed E-state index contributed by atoms with van der Waals surface area (Å²) >= 11 is 0. The Balaban J connectivity index is 1.82. The summed E-state index contributed by atoms with van der Waals surface area (Å²) in [6.45, 7) is 7.32. The monoisotopic (exact) mass is 381 g/mol. The van der Waals surface area contributed by atoms with Crippen LogP contribution in [0.5, 0.6) is 0 Å². The molecule has 0 atom stereocenters. The SMILES string of the molecule is CC1(C)NC(=O)N(CCC[N+](C)(C)Cc2cn(CC[N+](C)(C)C)nn2)C1=O. The molecule has 0 bridgehead atoms. The van der Waals surface area contributed by atoms with Crippen LogP contribution < -0.4 is 5.32 Å². The highest BCUT2D eigenvalue weighted by Crippen LogP contribution is 2.17. The number of nitrogens with zero attached hydrogens (tertiary/aromatic N) is 6. The summed E-state index contributed by atoms with van der Waals surface area (Å²) in [4.78, 5) is 25.5. The fraction of sp³-hybridized carbons (Fsp3) is 0.778. The predicted molar refractivity (Wildman–Crippen MR) is 103 cm³/mol. The maximum absolute atomic E-state index is 12.2. The van der Waals surface area contributed by atoms with E-state index in [-0.39, 0.29) is 11.9 Å². The zero-order chi connectivity index (χ0) is 20.5. The van der Waals surface area contributed by atoms with Crippen LogP contribution in [0.1, 0.15) is 26.0 Å². The second-order valence-corrected chi connectivity index (χ2v) is 9.67. The summed E-state index contributed by atoms with van der Waals surface area (Å²) in [7, 11) is 10.7. The Morgan fingerprint density at radius 3 is 2.30 bits per heavy atom. The van der Waals surface area contributed by atoms with Crippen LogP contribution in [0.2, 0.25) is 0 Å². The Labute approximate surface area is 162 Å². The third kappa shape index (κ3) is 6.00. The number of hydrogen-bond donors (Lipinski definition) is 1. The second-order valence-electron chi connectivity index (χ2n) is 9.67. The molecule has 9 nitrogen and oxygen atoms in total. The molecule has 1 fully saturated rings. The van der Waals surface area contributed by atoms with Crippen LogP contribution in [0, 0.1) is 0 Å². The van der Waals surface area contributed by atoms with Crippen LogP contribution >= 0.6 is 0 Å². The van der Waals surface area contributed by atoms with E-state index in [2.05, 4.69) is 50.9 Å². The van der Waals surface area contributed by atoms with Crippen LogP contribution in [0.15, 0.2) is 6.20 Å². The number of hydrogen-bond acceptors (Lipinski definition) is 4. The van der Waals surface area contributed by atoms with Gasteiger partial charge in [-0.15, -0.1) is 5.10 Å². The largest absolute Gasteiger partial charge is 0.329 e. The Bertz CT molecular complexity index is 688. The van der Waals surface area contributed by atoms with Crippen molar-refractivity contribution >= 4 is 11.9 Å². The van der Waals surface area contributed by atoms with Crippen molar-refractivity contribution in [2.24, 2.45) is 0 Å². The van der Waals surface area contributed by atoms with Gasteiger partial charge in [-0.25, -0.2) is 9.48 Å². The van der Waals surface area contributed by atoms with Gasteiger partial charge in [0.25, 0.3) is 5.91 Å². The molecule has 1 N–H and O–H groups in total. The van der Waals surface area contributed by atoms with E-state index in [4.69, 9.17) is 0 Å². The predicted octanol–water partition coefficient (Wildman–Crippen LogP) is 0.281. The molecule has 0 aliphatic carbocycles. The highest BCUT2D eigenvalue weighted by molar-refractivity contribution is 6.06. The molecule has 0 aromatic carbocycles. The van der Waals surface area contributed by atoms with E-state index in [1.807, 2.05) is 10.9 Å². The van der Waals surface area contributed by atoms with Gasteiger partial charge in [0.15, 0.2) is 0 Å². The quantitative estimate of drug-likeness (QED) is 0.492. The number of rotatable bonds is 9. The summed E-state index contributed by atoms with van der Waals surface area (Å²) < 4.78 is 3.51. The molecule has 152 valence electrons. The Hall–Kier alpha value is -2.00. The van der Waals surface area contributed by atoms with Gasteiger partial charge in [0.05, 0.1) is 61.1 Å². The van der Waals surface area contributed by atoms with Crippen LogP contribution in [0.25, 0.3) is 0 Å². The first-order chi connectivity index (χ1) is 12.3. The minimum atomic E-state index is -0.800. The van der Waals surface area contributed by atoms with E-state index in [1.54, 1.807) is 13.8 Å². The molecule has 0 radical (unpaired) electrons. The average molecular weight is 382 g/mol. The zero-order valence-corrected chi connectivity index (χ0v) is 17.8. The zero-order valence-electron chi connectivity index (χ0n) is 17.8. The third-order valence-electron chi connectivity index (χ3n) is 4.77. The van der Waals surface area contributed by atoms with Crippen molar-refractivity contribution in [3.63, 3.8) is 0 Å². The van der Waals surface area contributed by atoms with Crippen molar-refractivity contribution in [1.29, 1.82) is 0 Å². The first-order valence-electron chi connectivity index (χ1n) is 9.45. The van der Waals surface area contributed by atoms with Crippen LogP contribution in [-0.2, 0) is 17.9 Å². The van der Waals surface area contributed by atoms with Gasteiger partial charge in [-0.2, -0.15) is 0 Å². The highest BCUT2D eigenvalue weighted by Gasteiger charge is 2.43. The van der Waals surface area contributed by atoms with E-state index in [9.17, 15) is 9.59 Å². The van der Waals surface area contributed by atoms with E-state index in [0.717, 1.165) is 47.3 Å². The number of imide groups is 1. The number of likely N-dealkylation sites (N-methyl/N-ethyl adjacent to an activating group) is 1. The molecule has 9 heteroatoms. The van der Waals surface area contributed by atoms with Crippen LogP contribution in [-0.4, -0.2) is 101 Å². The van der Waals surface area contributed by atoms with E-state index >= 15 is 0 Å². The smallest absolute Gasteiger partial charge is 0.325 e. The number of carbonyl (C=O) groups excluding carboxylic acids is 2. The molecule has 3 amide bonds. The van der Waals surface area contributed by atoms with Crippen LogP contribution in [0.4, 0.5) is 4.79 Å². The minimum Gasteiger partial charge on any atom is -0.329 e.